The molecule has 0 aromatic carbocycles. The van der Waals surface area contributed by atoms with Crippen molar-refractivity contribution in [1.82, 2.24) is 20.7 Å². The number of hydrogen-bond acceptors (Lipinski definition) is 13. The normalized spacial score (nSPS) is 20.0. The zero-order valence-electron chi connectivity index (χ0n) is 20.3. The zero-order valence-corrected chi connectivity index (χ0v) is 21.9. The highest BCUT2D eigenvalue weighted by molar-refractivity contribution is 8.00. The maximum absolute atomic E-state index is 13.1. The van der Waals surface area contributed by atoms with Crippen LogP contribution in [0.15, 0.2) is 16.7 Å². The molecule has 36 heavy (non-hydrogen) atoms. The molecule has 1 aromatic heterocycles. The highest BCUT2D eigenvalue weighted by Crippen LogP contribution is 2.41. The SMILES string of the molecule is COCC1=C(C(=O)OCOC(=O)CC(C)C)N2C(=O)C(NC(=O)C(NOC)c3csc(N)n3)[C@@H]2SC1. The van der Waals surface area contributed by atoms with Crippen molar-refractivity contribution in [1.29, 1.82) is 0 Å². The summed E-state index contributed by atoms with van der Waals surface area (Å²) in [6, 6.07) is -1.89. The summed E-state index contributed by atoms with van der Waals surface area (Å²) in [6.07, 6.45) is 0.187. The Kier molecular flexibility index (Phi) is 9.67. The number of fused-ring (bicyclic) bond motifs is 1. The largest absolute Gasteiger partial charge is 0.428 e. The minimum Gasteiger partial charge on any atom is -0.428 e. The number of thioether (sulfide) groups is 1. The van der Waals surface area contributed by atoms with Crippen molar-refractivity contribution in [2.45, 2.75) is 37.7 Å². The maximum atomic E-state index is 13.1. The summed E-state index contributed by atoms with van der Waals surface area (Å²) in [5.74, 6) is -1.89. The van der Waals surface area contributed by atoms with Gasteiger partial charge in [-0.05, 0) is 11.5 Å². The third-order valence-corrected chi connectivity index (χ3v) is 7.21. The topological polar surface area (TPSA) is 171 Å². The molecular formula is C21H29N5O8S2. The molecule has 3 atom stereocenters. The van der Waals surface area contributed by atoms with E-state index in [0.29, 0.717) is 17.0 Å². The number of ether oxygens (including phenoxy) is 3. The molecule has 2 aliphatic heterocycles. The van der Waals surface area contributed by atoms with Crippen molar-refractivity contribution in [2.24, 2.45) is 5.92 Å². The van der Waals surface area contributed by atoms with E-state index in [2.05, 4.69) is 15.8 Å². The molecule has 0 spiro atoms. The van der Waals surface area contributed by atoms with Crippen molar-refractivity contribution < 1.29 is 38.2 Å². The second-order valence-electron chi connectivity index (χ2n) is 8.31. The van der Waals surface area contributed by atoms with Gasteiger partial charge in [-0.2, -0.15) is 5.48 Å². The van der Waals surface area contributed by atoms with Crippen molar-refractivity contribution in [2.75, 3.05) is 39.1 Å². The average Bonchev–Trinajstić information content (AvgIpc) is 3.25. The monoisotopic (exact) mass is 543 g/mol. The van der Waals surface area contributed by atoms with Gasteiger partial charge in [0.25, 0.3) is 5.91 Å². The molecule has 1 saturated heterocycles. The fourth-order valence-corrected chi connectivity index (χ4v) is 5.52. The number of thiazole rings is 1. The molecule has 3 heterocycles. The molecule has 2 amide bonds. The van der Waals surface area contributed by atoms with Crippen LogP contribution in [0, 0.1) is 5.92 Å². The Morgan fingerprint density at radius 2 is 2.03 bits per heavy atom. The number of nitrogens with one attached hydrogen (secondary N) is 2. The second kappa shape index (κ2) is 12.5. The smallest absolute Gasteiger partial charge is 0.358 e. The lowest BCUT2D eigenvalue weighted by Crippen LogP contribution is -2.71. The highest BCUT2D eigenvalue weighted by Gasteiger charge is 2.54. The fraction of sp³-hybridized carbons (Fsp3) is 0.571. The molecule has 198 valence electrons. The minimum atomic E-state index is -0.997. The van der Waals surface area contributed by atoms with Crippen LogP contribution < -0.4 is 16.5 Å². The predicted octanol–water partition coefficient (Wildman–Crippen LogP) is 0.308. The summed E-state index contributed by atoms with van der Waals surface area (Å²) in [6.45, 7) is 3.25. The number of rotatable bonds is 12. The summed E-state index contributed by atoms with van der Waals surface area (Å²) in [5, 5.41) is 4.04. The standard InChI is InChI=1S/C21H29N5O8S2/c1-10(2)5-13(27)33-9-34-20(30)16-11(6-31-3)7-35-19-15(18(29)26(16)19)24-17(28)14(25-32-4)12-8-36-21(22)23-12/h8,10,14-15,19,25H,5-7,9H2,1-4H3,(H2,22,23)(H,24,28)/t14?,15?,19-/m0/s1. The first kappa shape index (κ1) is 27.9. The van der Waals surface area contributed by atoms with Crippen molar-refractivity contribution in [3.05, 3.63) is 22.3 Å². The van der Waals surface area contributed by atoms with Gasteiger partial charge in [0.15, 0.2) is 11.2 Å². The van der Waals surface area contributed by atoms with Crippen molar-refractivity contribution >= 4 is 52.0 Å². The number of carbonyl (C=O) groups is 4. The number of nitrogen functional groups attached to an aromatic ring is 1. The average molecular weight is 544 g/mol. The molecule has 2 unspecified atom stereocenters. The van der Waals surface area contributed by atoms with Gasteiger partial charge < -0.3 is 30.1 Å². The molecule has 0 bridgehead atoms. The molecule has 1 aromatic rings. The van der Waals surface area contributed by atoms with Crippen molar-refractivity contribution in [3.63, 3.8) is 0 Å². The van der Waals surface area contributed by atoms with Gasteiger partial charge >= 0.3 is 11.9 Å². The van der Waals surface area contributed by atoms with E-state index in [0.717, 1.165) is 11.3 Å². The molecule has 13 nitrogen and oxygen atoms in total. The van der Waals surface area contributed by atoms with Crippen LogP contribution in [0.1, 0.15) is 32.0 Å². The summed E-state index contributed by atoms with van der Waals surface area (Å²) in [4.78, 5) is 60.9. The summed E-state index contributed by atoms with van der Waals surface area (Å²) >= 11 is 2.53. The maximum Gasteiger partial charge on any atom is 0.358 e. The van der Waals surface area contributed by atoms with Crippen LogP contribution in [0.4, 0.5) is 5.13 Å². The summed E-state index contributed by atoms with van der Waals surface area (Å²) in [5.41, 5.74) is 9.14. The summed E-state index contributed by atoms with van der Waals surface area (Å²) < 4.78 is 15.3. The summed E-state index contributed by atoms with van der Waals surface area (Å²) in [7, 11) is 2.82. The lowest BCUT2D eigenvalue weighted by molar-refractivity contribution is -0.168. The number of esters is 2. The number of aromatic nitrogens is 1. The van der Waals surface area contributed by atoms with E-state index >= 15 is 0 Å². The molecule has 2 aliphatic rings. The molecule has 3 rings (SSSR count). The second-order valence-corrected chi connectivity index (χ2v) is 10.3. The van der Waals surface area contributed by atoms with E-state index < -0.39 is 48.0 Å². The number of nitrogens with two attached hydrogens (primary N) is 1. The number of hydrogen-bond donors (Lipinski definition) is 3. The Morgan fingerprint density at radius 3 is 2.64 bits per heavy atom. The number of amides is 2. The number of β-lactam (4-membered cyclic amide) rings is 1. The lowest BCUT2D eigenvalue weighted by atomic mass is 10.0. The Bertz CT molecular complexity index is 1030. The molecule has 1 fully saturated rings. The molecule has 0 saturated carbocycles. The number of carbonyl (C=O) groups excluding carboxylic acids is 4. The van der Waals surface area contributed by atoms with Gasteiger partial charge in [-0.1, -0.05) is 13.8 Å². The molecule has 15 heteroatoms. The minimum absolute atomic E-state index is 0.0230. The van der Waals surface area contributed by atoms with Crippen LogP contribution in [-0.2, 0) is 38.2 Å². The highest BCUT2D eigenvalue weighted by atomic mass is 32.2. The first-order valence-corrected chi connectivity index (χ1v) is 12.9. The third kappa shape index (κ3) is 6.34. The molecule has 4 N–H and O–H groups in total. The molecule has 0 aliphatic carbocycles. The molecule has 0 radical (unpaired) electrons. The quantitative estimate of drug-likeness (QED) is 0.143. The van der Waals surface area contributed by atoms with Crippen LogP contribution in [-0.4, -0.2) is 78.4 Å². The molecular weight excluding hydrogens is 514 g/mol. The van der Waals surface area contributed by atoms with E-state index in [1.165, 1.54) is 30.9 Å². The van der Waals surface area contributed by atoms with Gasteiger partial charge in [0, 0.05) is 24.7 Å². The van der Waals surface area contributed by atoms with E-state index in [-0.39, 0.29) is 29.8 Å². The Hall–Kier alpha value is -2.72. The predicted molar refractivity (Wildman–Crippen MR) is 130 cm³/mol. The van der Waals surface area contributed by atoms with E-state index in [9.17, 15) is 19.2 Å². The van der Waals surface area contributed by atoms with Gasteiger partial charge in [-0.25, -0.2) is 9.78 Å². The van der Waals surface area contributed by atoms with Crippen LogP contribution in [0.2, 0.25) is 0 Å². The van der Waals surface area contributed by atoms with E-state index in [1.54, 1.807) is 5.38 Å². The Balaban J connectivity index is 1.69. The zero-order chi connectivity index (χ0) is 26.4. The van der Waals surface area contributed by atoms with E-state index in [1.807, 2.05) is 13.8 Å². The van der Waals surface area contributed by atoms with Gasteiger partial charge in [0.05, 0.1) is 19.4 Å². The third-order valence-electron chi connectivity index (χ3n) is 5.18. The first-order valence-electron chi connectivity index (χ1n) is 11.0. The van der Waals surface area contributed by atoms with Crippen molar-refractivity contribution in [3.8, 4) is 0 Å². The fourth-order valence-electron chi connectivity index (χ4n) is 3.60. The number of nitrogens with zero attached hydrogens (tertiary/aromatic N) is 2. The number of anilines is 1. The Morgan fingerprint density at radius 1 is 1.28 bits per heavy atom. The van der Waals surface area contributed by atoms with E-state index in [4.69, 9.17) is 24.8 Å². The lowest BCUT2D eigenvalue weighted by Gasteiger charge is -2.49. The van der Waals surface area contributed by atoms with Crippen LogP contribution in [0.3, 0.4) is 0 Å². The van der Waals surface area contributed by atoms with Gasteiger partial charge in [0.1, 0.15) is 17.1 Å². The van der Waals surface area contributed by atoms with Gasteiger partial charge in [-0.15, -0.1) is 23.1 Å². The van der Waals surface area contributed by atoms with Gasteiger partial charge in [0.2, 0.25) is 12.7 Å². The first-order chi connectivity index (χ1) is 17.2. The van der Waals surface area contributed by atoms with Crippen LogP contribution in [0.25, 0.3) is 0 Å². The Labute approximate surface area is 216 Å². The number of methoxy groups -OCH3 is 1. The number of hydroxylamine groups is 1. The van der Waals surface area contributed by atoms with Gasteiger partial charge in [-0.3, -0.25) is 19.3 Å². The van der Waals surface area contributed by atoms with Crippen LogP contribution >= 0.6 is 23.1 Å². The van der Waals surface area contributed by atoms with Crippen LogP contribution in [0.5, 0.6) is 0 Å².